The van der Waals surface area contributed by atoms with Gasteiger partial charge in [0.05, 0.1) is 22.1 Å². The SMILES string of the molecule is Cc1csc(Cc2nc(C(C)C)c(CNC3CC3)s2)n1. The fraction of sp³-hybridized carbons (Fsp3) is 0.600. The van der Waals surface area contributed by atoms with Crippen molar-refractivity contribution in [3.05, 3.63) is 31.7 Å². The van der Waals surface area contributed by atoms with Crippen LogP contribution in [-0.2, 0) is 13.0 Å². The maximum atomic E-state index is 4.86. The van der Waals surface area contributed by atoms with E-state index in [1.165, 1.54) is 33.4 Å². The minimum absolute atomic E-state index is 0.494. The zero-order chi connectivity index (χ0) is 14.1. The molecular formula is C15H21N3S2. The lowest BCUT2D eigenvalue weighted by Crippen LogP contribution is -2.15. The van der Waals surface area contributed by atoms with Gasteiger partial charge in [0.2, 0.25) is 0 Å². The Balaban J connectivity index is 1.74. The highest BCUT2D eigenvalue weighted by Crippen LogP contribution is 2.28. The van der Waals surface area contributed by atoms with Crippen LogP contribution in [0.4, 0.5) is 0 Å². The lowest BCUT2D eigenvalue weighted by atomic mass is 10.1. The smallest absolute Gasteiger partial charge is 0.0999 e. The summed E-state index contributed by atoms with van der Waals surface area (Å²) in [5, 5.41) is 8.10. The van der Waals surface area contributed by atoms with Gasteiger partial charge in [-0.1, -0.05) is 13.8 Å². The minimum Gasteiger partial charge on any atom is -0.309 e. The van der Waals surface area contributed by atoms with E-state index >= 15 is 0 Å². The van der Waals surface area contributed by atoms with Crippen molar-refractivity contribution >= 4 is 22.7 Å². The molecule has 0 amide bonds. The van der Waals surface area contributed by atoms with Crippen LogP contribution in [0.15, 0.2) is 5.38 Å². The highest BCUT2D eigenvalue weighted by atomic mass is 32.1. The van der Waals surface area contributed by atoms with Crippen LogP contribution in [0.2, 0.25) is 0 Å². The van der Waals surface area contributed by atoms with Crippen molar-refractivity contribution < 1.29 is 0 Å². The van der Waals surface area contributed by atoms with E-state index < -0.39 is 0 Å². The Morgan fingerprint density at radius 2 is 2.10 bits per heavy atom. The molecule has 1 aliphatic carbocycles. The van der Waals surface area contributed by atoms with Crippen LogP contribution in [0, 0.1) is 6.92 Å². The van der Waals surface area contributed by atoms with E-state index in [1.54, 1.807) is 11.3 Å². The zero-order valence-electron chi connectivity index (χ0n) is 12.3. The molecule has 0 bridgehead atoms. The molecule has 1 aliphatic rings. The van der Waals surface area contributed by atoms with Gasteiger partial charge in [-0.15, -0.1) is 22.7 Å². The summed E-state index contributed by atoms with van der Waals surface area (Å²) in [5.41, 5.74) is 2.38. The van der Waals surface area contributed by atoms with Crippen LogP contribution < -0.4 is 5.32 Å². The predicted octanol–water partition coefficient (Wildman–Crippen LogP) is 3.87. The van der Waals surface area contributed by atoms with Crippen molar-refractivity contribution in [2.24, 2.45) is 0 Å². The first-order chi connectivity index (χ1) is 9.61. The number of thiazole rings is 2. The van der Waals surface area contributed by atoms with Crippen molar-refractivity contribution in [1.29, 1.82) is 0 Å². The first-order valence-corrected chi connectivity index (χ1v) is 8.94. The summed E-state index contributed by atoms with van der Waals surface area (Å²) in [7, 11) is 0. The summed E-state index contributed by atoms with van der Waals surface area (Å²) in [5.74, 6) is 0.494. The zero-order valence-corrected chi connectivity index (χ0v) is 13.9. The summed E-state index contributed by atoms with van der Waals surface area (Å²) in [6.07, 6.45) is 3.55. The first kappa shape index (κ1) is 14.2. The minimum atomic E-state index is 0.494. The van der Waals surface area contributed by atoms with Crippen LogP contribution in [-0.4, -0.2) is 16.0 Å². The molecule has 2 aromatic rings. The third-order valence-electron chi connectivity index (χ3n) is 3.42. The van der Waals surface area contributed by atoms with Crippen LogP contribution in [0.3, 0.4) is 0 Å². The fourth-order valence-electron chi connectivity index (χ4n) is 2.21. The third-order valence-corrected chi connectivity index (χ3v) is 5.45. The summed E-state index contributed by atoms with van der Waals surface area (Å²) in [4.78, 5) is 10.8. The van der Waals surface area contributed by atoms with E-state index in [-0.39, 0.29) is 0 Å². The Morgan fingerprint density at radius 3 is 2.70 bits per heavy atom. The lowest BCUT2D eigenvalue weighted by molar-refractivity contribution is 0.680. The Labute approximate surface area is 128 Å². The Morgan fingerprint density at radius 1 is 1.30 bits per heavy atom. The molecule has 3 rings (SSSR count). The Bertz CT molecular complexity index is 582. The van der Waals surface area contributed by atoms with Crippen LogP contribution in [0.5, 0.6) is 0 Å². The number of hydrogen-bond donors (Lipinski definition) is 1. The molecule has 3 nitrogen and oxygen atoms in total. The van der Waals surface area contributed by atoms with E-state index in [0.717, 1.165) is 24.7 Å². The van der Waals surface area contributed by atoms with Gasteiger partial charge in [-0.2, -0.15) is 0 Å². The van der Waals surface area contributed by atoms with Crippen LogP contribution >= 0.6 is 22.7 Å². The van der Waals surface area contributed by atoms with Crippen molar-refractivity contribution in [2.45, 2.75) is 58.5 Å². The molecule has 20 heavy (non-hydrogen) atoms. The predicted molar refractivity (Wildman–Crippen MR) is 85.7 cm³/mol. The van der Waals surface area contributed by atoms with Gasteiger partial charge in [0.1, 0.15) is 0 Å². The van der Waals surface area contributed by atoms with Gasteiger partial charge in [0, 0.05) is 28.5 Å². The Hall–Kier alpha value is -0.780. The molecule has 5 heteroatoms. The molecule has 1 saturated carbocycles. The van der Waals surface area contributed by atoms with Gasteiger partial charge in [0.25, 0.3) is 0 Å². The van der Waals surface area contributed by atoms with Gasteiger partial charge < -0.3 is 5.32 Å². The largest absolute Gasteiger partial charge is 0.309 e. The van der Waals surface area contributed by atoms with E-state index in [0.29, 0.717) is 5.92 Å². The number of aryl methyl sites for hydroxylation is 1. The standard InChI is InChI=1S/C15H21N3S2/c1-9(2)15-12(7-16-11-4-5-11)20-14(18-15)6-13-17-10(3)8-19-13/h8-9,11,16H,4-7H2,1-3H3. The fourth-order valence-corrected chi connectivity index (χ4v) is 4.25. The van der Waals surface area contributed by atoms with Crippen molar-refractivity contribution in [2.75, 3.05) is 0 Å². The van der Waals surface area contributed by atoms with E-state index in [1.807, 2.05) is 18.3 Å². The van der Waals surface area contributed by atoms with Gasteiger partial charge in [-0.3, -0.25) is 0 Å². The molecule has 2 heterocycles. The van der Waals surface area contributed by atoms with Gasteiger partial charge in [0.15, 0.2) is 0 Å². The quantitative estimate of drug-likeness (QED) is 0.880. The maximum Gasteiger partial charge on any atom is 0.0999 e. The molecule has 0 atom stereocenters. The normalized spacial score (nSPS) is 15.2. The van der Waals surface area contributed by atoms with Crippen molar-refractivity contribution in [3.8, 4) is 0 Å². The number of aromatic nitrogens is 2. The first-order valence-electron chi connectivity index (χ1n) is 7.24. The van der Waals surface area contributed by atoms with Crippen LogP contribution in [0.25, 0.3) is 0 Å². The average Bonchev–Trinajstić information content (AvgIpc) is 3.01. The molecule has 1 N–H and O–H groups in total. The molecule has 0 saturated heterocycles. The molecule has 2 aromatic heterocycles. The highest BCUT2D eigenvalue weighted by Gasteiger charge is 2.22. The number of rotatable bonds is 6. The van der Waals surface area contributed by atoms with Crippen molar-refractivity contribution in [1.82, 2.24) is 15.3 Å². The second-order valence-corrected chi connectivity index (χ2v) is 7.90. The number of nitrogens with zero attached hydrogens (tertiary/aromatic N) is 2. The summed E-state index contributed by atoms with van der Waals surface area (Å²) in [6.45, 7) is 7.49. The molecule has 1 fully saturated rings. The second kappa shape index (κ2) is 5.92. The van der Waals surface area contributed by atoms with Gasteiger partial charge >= 0.3 is 0 Å². The summed E-state index contributed by atoms with van der Waals surface area (Å²) < 4.78 is 0. The monoisotopic (exact) mass is 307 g/mol. The van der Waals surface area contributed by atoms with Gasteiger partial charge in [-0.25, -0.2) is 9.97 Å². The molecular weight excluding hydrogens is 286 g/mol. The number of nitrogens with one attached hydrogen (secondary N) is 1. The van der Waals surface area contributed by atoms with Crippen molar-refractivity contribution in [3.63, 3.8) is 0 Å². The topological polar surface area (TPSA) is 37.8 Å². The van der Waals surface area contributed by atoms with E-state index in [4.69, 9.17) is 4.98 Å². The summed E-state index contributed by atoms with van der Waals surface area (Å²) in [6, 6.07) is 0.752. The maximum absolute atomic E-state index is 4.86. The molecule has 0 spiro atoms. The molecule has 0 aromatic carbocycles. The third kappa shape index (κ3) is 3.45. The number of hydrogen-bond acceptors (Lipinski definition) is 5. The lowest BCUT2D eigenvalue weighted by Gasteiger charge is -2.05. The molecule has 0 radical (unpaired) electrons. The molecule has 108 valence electrons. The molecule has 0 aliphatic heterocycles. The second-order valence-electron chi connectivity index (χ2n) is 5.79. The van der Waals surface area contributed by atoms with E-state index in [2.05, 4.69) is 29.5 Å². The highest BCUT2D eigenvalue weighted by molar-refractivity contribution is 7.12. The average molecular weight is 307 g/mol. The van der Waals surface area contributed by atoms with Crippen LogP contribution in [0.1, 0.15) is 58.9 Å². The van der Waals surface area contributed by atoms with E-state index in [9.17, 15) is 0 Å². The molecule has 0 unspecified atom stereocenters. The Kier molecular flexibility index (Phi) is 4.19. The summed E-state index contributed by atoms with van der Waals surface area (Å²) >= 11 is 3.59. The van der Waals surface area contributed by atoms with Gasteiger partial charge in [-0.05, 0) is 25.7 Å².